The van der Waals surface area contributed by atoms with Gasteiger partial charge in [0, 0.05) is 6.54 Å². The largest absolute Gasteiger partial charge is 0.466 e. The molecule has 0 spiro atoms. The summed E-state index contributed by atoms with van der Waals surface area (Å²) in [7, 11) is 0. The summed E-state index contributed by atoms with van der Waals surface area (Å²) in [6.45, 7) is 2.23. The van der Waals surface area contributed by atoms with Crippen LogP contribution in [-0.2, 0) is 9.53 Å². The molecule has 0 bridgehead atoms. The van der Waals surface area contributed by atoms with Crippen molar-refractivity contribution in [2.75, 3.05) is 13.2 Å². The number of carbonyl (C=O) groups excluding carboxylic acids is 1. The fourth-order valence-electron chi connectivity index (χ4n) is 1.84. The van der Waals surface area contributed by atoms with Crippen molar-refractivity contribution in [2.45, 2.75) is 38.3 Å². The number of rotatable bonds is 3. The van der Waals surface area contributed by atoms with Crippen molar-refractivity contribution in [2.24, 2.45) is 11.7 Å². The second kappa shape index (κ2) is 4.73. The summed E-state index contributed by atoms with van der Waals surface area (Å²) in [6, 6.07) is 0. The molecule has 14 heavy (non-hydrogen) atoms. The number of hydrogen-bond donors (Lipinski definition) is 1. The molecule has 0 aromatic rings. The van der Waals surface area contributed by atoms with Gasteiger partial charge in [-0.05, 0) is 32.6 Å². The van der Waals surface area contributed by atoms with Crippen LogP contribution >= 0.6 is 0 Å². The van der Waals surface area contributed by atoms with Gasteiger partial charge < -0.3 is 10.5 Å². The van der Waals surface area contributed by atoms with E-state index >= 15 is 0 Å². The summed E-state index contributed by atoms with van der Waals surface area (Å²) < 4.78 is 18.5. The van der Waals surface area contributed by atoms with Gasteiger partial charge in [0.15, 0.2) is 0 Å². The van der Waals surface area contributed by atoms with E-state index in [0.717, 1.165) is 0 Å². The van der Waals surface area contributed by atoms with Crippen LogP contribution in [0.15, 0.2) is 0 Å². The first-order valence-corrected chi connectivity index (χ1v) is 5.17. The lowest BCUT2D eigenvalue weighted by Crippen LogP contribution is -2.38. The summed E-state index contributed by atoms with van der Waals surface area (Å²) in [5, 5.41) is 0. The van der Waals surface area contributed by atoms with Gasteiger partial charge >= 0.3 is 5.97 Å². The van der Waals surface area contributed by atoms with E-state index in [9.17, 15) is 9.18 Å². The topological polar surface area (TPSA) is 52.3 Å². The molecule has 0 heterocycles. The number of alkyl halides is 1. The van der Waals surface area contributed by atoms with E-state index in [-0.39, 0.29) is 18.4 Å². The van der Waals surface area contributed by atoms with E-state index in [4.69, 9.17) is 10.5 Å². The average molecular weight is 203 g/mol. The molecule has 0 saturated heterocycles. The number of halogens is 1. The Morgan fingerprint density at radius 3 is 2.57 bits per heavy atom. The third-order valence-corrected chi connectivity index (χ3v) is 2.87. The third-order valence-electron chi connectivity index (χ3n) is 2.87. The van der Waals surface area contributed by atoms with E-state index in [2.05, 4.69) is 0 Å². The molecular weight excluding hydrogens is 185 g/mol. The lowest BCUT2D eigenvalue weighted by Gasteiger charge is -2.31. The molecule has 0 aromatic carbocycles. The van der Waals surface area contributed by atoms with Crippen LogP contribution in [0.3, 0.4) is 0 Å². The predicted octanol–water partition coefficient (Wildman–Crippen LogP) is 1.41. The fourth-order valence-corrected chi connectivity index (χ4v) is 1.84. The maximum Gasteiger partial charge on any atom is 0.308 e. The zero-order valence-corrected chi connectivity index (χ0v) is 8.59. The predicted molar refractivity (Wildman–Crippen MR) is 51.5 cm³/mol. The van der Waals surface area contributed by atoms with Crippen molar-refractivity contribution < 1.29 is 13.9 Å². The van der Waals surface area contributed by atoms with Crippen LogP contribution in [-0.4, -0.2) is 24.8 Å². The van der Waals surface area contributed by atoms with Gasteiger partial charge in [-0.2, -0.15) is 0 Å². The second-order valence-electron chi connectivity index (χ2n) is 3.88. The van der Waals surface area contributed by atoms with E-state index in [1.807, 2.05) is 0 Å². The van der Waals surface area contributed by atoms with Gasteiger partial charge in [0.2, 0.25) is 0 Å². The average Bonchev–Trinajstić information content (AvgIpc) is 2.19. The molecular formula is C10H18FNO2. The Morgan fingerprint density at radius 2 is 2.14 bits per heavy atom. The Kier molecular flexibility index (Phi) is 3.86. The van der Waals surface area contributed by atoms with Crippen molar-refractivity contribution in [3.8, 4) is 0 Å². The summed E-state index contributed by atoms with van der Waals surface area (Å²) in [5.74, 6) is -0.308. The minimum Gasteiger partial charge on any atom is -0.466 e. The Balaban J connectivity index is 2.39. The zero-order chi connectivity index (χ0) is 10.6. The summed E-state index contributed by atoms with van der Waals surface area (Å²) in [4.78, 5) is 11.3. The number of nitrogens with two attached hydrogens (primary N) is 1. The van der Waals surface area contributed by atoms with Crippen LogP contribution in [0.4, 0.5) is 4.39 Å². The Bertz CT molecular complexity index is 200. The molecule has 0 amide bonds. The van der Waals surface area contributed by atoms with E-state index in [1.54, 1.807) is 6.92 Å². The maximum atomic E-state index is 13.6. The molecule has 0 atom stereocenters. The quantitative estimate of drug-likeness (QED) is 0.705. The van der Waals surface area contributed by atoms with Crippen molar-refractivity contribution in [1.82, 2.24) is 0 Å². The number of hydrogen-bond acceptors (Lipinski definition) is 3. The molecule has 0 unspecified atom stereocenters. The van der Waals surface area contributed by atoms with Crippen LogP contribution in [0.25, 0.3) is 0 Å². The number of ether oxygens (including phenoxy) is 1. The molecule has 0 aromatic heterocycles. The van der Waals surface area contributed by atoms with Gasteiger partial charge in [-0.1, -0.05) is 0 Å². The fraction of sp³-hybridized carbons (Fsp3) is 0.900. The molecule has 0 aliphatic heterocycles. The van der Waals surface area contributed by atoms with Gasteiger partial charge in [-0.3, -0.25) is 4.79 Å². The summed E-state index contributed by atoms with van der Waals surface area (Å²) >= 11 is 0. The first kappa shape index (κ1) is 11.4. The first-order valence-electron chi connectivity index (χ1n) is 5.17. The maximum absolute atomic E-state index is 13.6. The summed E-state index contributed by atoms with van der Waals surface area (Å²) in [6.07, 6.45) is 1.89. The standard InChI is InChI=1S/C10H18FNO2/c1-2-14-9(13)8-3-5-10(11,7-12)6-4-8/h8H,2-7,12H2,1H3. The normalized spacial score (nSPS) is 32.6. The minimum absolute atomic E-state index is 0.0581. The van der Waals surface area contributed by atoms with Crippen LogP contribution in [0.5, 0.6) is 0 Å². The molecule has 1 fully saturated rings. The first-order chi connectivity index (χ1) is 6.61. The van der Waals surface area contributed by atoms with Crippen LogP contribution in [0, 0.1) is 5.92 Å². The molecule has 0 radical (unpaired) electrons. The van der Waals surface area contributed by atoms with Gasteiger partial charge in [-0.15, -0.1) is 0 Å². The highest BCUT2D eigenvalue weighted by atomic mass is 19.1. The second-order valence-corrected chi connectivity index (χ2v) is 3.88. The Hall–Kier alpha value is -0.640. The van der Waals surface area contributed by atoms with Crippen LogP contribution in [0.1, 0.15) is 32.6 Å². The molecule has 82 valence electrons. The molecule has 1 aliphatic rings. The van der Waals surface area contributed by atoms with E-state index < -0.39 is 5.67 Å². The van der Waals surface area contributed by atoms with Crippen LogP contribution < -0.4 is 5.73 Å². The number of carbonyl (C=O) groups is 1. The lowest BCUT2D eigenvalue weighted by atomic mass is 9.80. The molecule has 1 rings (SSSR count). The molecule has 3 nitrogen and oxygen atoms in total. The van der Waals surface area contributed by atoms with Gasteiger partial charge in [0.05, 0.1) is 12.5 Å². The van der Waals surface area contributed by atoms with E-state index in [1.165, 1.54) is 0 Å². The van der Waals surface area contributed by atoms with Crippen molar-refractivity contribution in [1.29, 1.82) is 0 Å². The van der Waals surface area contributed by atoms with E-state index in [0.29, 0.717) is 32.3 Å². The molecule has 1 aliphatic carbocycles. The van der Waals surface area contributed by atoms with Crippen LogP contribution in [0.2, 0.25) is 0 Å². The monoisotopic (exact) mass is 203 g/mol. The number of esters is 1. The minimum atomic E-state index is -1.25. The highest BCUT2D eigenvalue weighted by Gasteiger charge is 2.36. The smallest absolute Gasteiger partial charge is 0.308 e. The summed E-state index contributed by atoms with van der Waals surface area (Å²) in [5.41, 5.74) is 4.08. The van der Waals surface area contributed by atoms with Crippen molar-refractivity contribution in [3.63, 3.8) is 0 Å². The Labute approximate surface area is 83.8 Å². The third kappa shape index (κ3) is 2.67. The molecule has 2 N–H and O–H groups in total. The lowest BCUT2D eigenvalue weighted by molar-refractivity contribution is -0.150. The van der Waals surface area contributed by atoms with Gasteiger partial charge in [-0.25, -0.2) is 4.39 Å². The Morgan fingerprint density at radius 1 is 1.57 bits per heavy atom. The highest BCUT2D eigenvalue weighted by molar-refractivity contribution is 5.72. The van der Waals surface area contributed by atoms with Crippen molar-refractivity contribution >= 4 is 5.97 Å². The van der Waals surface area contributed by atoms with Crippen molar-refractivity contribution in [3.05, 3.63) is 0 Å². The van der Waals surface area contributed by atoms with Gasteiger partial charge in [0.25, 0.3) is 0 Å². The molecule has 1 saturated carbocycles. The molecule has 4 heteroatoms. The SMILES string of the molecule is CCOC(=O)C1CCC(F)(CN)CC1. The highest BCUT2D eigenvalue weighted by Crippen LogP contribution is 2.34. The van der Waals surface area contributed by atoms with Gasteiger partial charge in [0.1, 0.15) is 5.67 Å². The zero-order valence-electron chi connectivity index (χ0n) is 8.59.